The Labute approximate surface area is 151 Å². The van der Waals surface area contributed by atoms with Crippen molar-refractivity contribution in [2.24, 2.45) is 0 Å². The van der Waals surface area contributed by atoms with Crippen molar-refractivity contribution in [3.8, 4) is 0 Å². The van der Waals surface area contributed by atoms with E-state index >= 15 is 0 Å². The second-order valence-corrected chi connectivity index (χ2v) is 7.19. The number of aromatic nitrogens is 1. The molecule has 2 atom stereocenters. The van der Waals surface area contributed by atoms with Crippen molar-refractivity contribution >= 4 is 28.6 Å². The molecule has 0 radical (unpaired) electrons. The molecule has 1 fully saturated rings. The van der Waals surface area contributed by atoms with Crippen molar-refractivity contribution in [3.05, 3.63) is 33.8 Å². The number of benzene rings is 1. The average Bonchev–Trinajstić information content (AvgIpc) is 2.89. The summed E-state index contributed by atoms with van der Waals surface area (Å²) in [5.41, 5.74) is 1.26. The number of amides is 1. The second kappa shape index (κ2) is 7.62. The fourth-order valence-electron chi connectivity index (χ4n) is 3.36. The van der Waals surface area contributed by atoms with Crippen LogP contribution in [0.15, 0.2) is 27.4 Å². The third-order valence-electron chi connectivity index (χ3n) is 4.81. The SMILES string of the molecule is CCC(C)NC(=O)CN1CCCC(n2c(=O)oc3ccc(Cl)cc32)C1. The van der Waals surface area contributed by atoms with Crippen molar-refractivity contribution in [2.75, 3.05) is 19.6 Å². The van der Waals surface area contributed by atoms with Crippen LogP contribution in [-0.4, -0.2) is 41.1 Å². The normalized spacial score (nSPS) is 19.9. The number of fused-ring (bicyclic) bond motifs is 1. The molecule has 1 amide bonds. The van der Waals surface area contributed by atoms with Gasteiger partial charge in [0.05, 0.1) is 18.1 Å². The van der Waals surface area contributed by atoms with E-state index in [1.807, 2.05) is 13.8 Å². The molecule has 7 heteroatoms. The third-order valence-corrected chi connectivity index (χ3v) is 5.04. The molecule has 0 aliphatic carbocycles. The Morgan fingerprint density at radius 2 is 2.28 bits per heavy atom. The lowest BCUT2D eigenvalue weighted by Crippen LogP contribution is -2.45. The van der Waals surface area contributed by atoms with Crippen LogP contribution in [0.4, 0.5) is 0 Å². The first-order valence-corrected chi connectivity index (χ1v) is 9.18. The molecule has 3 rings (SSSR count). The van der Waals surface area contributed by atoms with Gasteiger partial charge in [-0.2, -0.15) is 0 Å². The van der Waals surface area contributed by atoms with E-state index in [0.29, 0.717) is 29.2 Å². The molecule has 0 saturated carbocycles. The van der Waals surface area contributed by atoms with Gasteiger partial charge in [-0.15, -0.1) is 0 Å². The molecule has 25 heavy (non-hydrogen) atoms. The van der Waals surface area contributed by atoms with Gasteiger partial charge >= 0.3 is 5.76 Å². The largest absolute Gasteiger partial charge is 0.420 e. The number of nitrogens with one attached hydrogen (secondary N) is 1. The number of hydrogen-bond donors (Lipinski definition) is 1. The molecule has 1 saturated heterocycles. The molecule has 1 aliphatic rings. The van der Waals surface area contributed by atoms with Crippen LogP contribution in [0.2, 0.25) is 5.02 Å². The number of carbonyl (C=O) groups excluding carboxylic acids is 1. The molecule has 1 N–H and O–H groups in total. The van der Waals surface area contributed by atoms with Gasteiger partial charge in [-0.3, -0.25) is 14.3 Å². The van der Waals surface area contributed by atoms with Crippen LogP contribution in [0, 0.1) is 0 Å². The maximum Gasteiger partial charge on any atom is 0.420 e. The minimum absolute atomic E-state index is 0.0163. The summed E-state index contributed by atoms with van der Waals surface area (Å²) >= 11 is 6.08. The number of hydrogen-bond acceptors (Lipinski definition) is 4. The van der Waals surface area contributed by atoms with Crippen LogP contribution in [0.25, 0.3) is 11.1 Å². The second-order valence-electron chi connectivity index (χ2n) is 6.76. The quantitative estimate of drug-likeness (QED) is 0.884. The Morgan fingerprint density at radius 1 is 1.48 bits per heavy atom. The van der Waals surface area contributed by atoms with Crippen LogP contribution < -0.4 is 11.1 Å². The summed E-state index contributed by atoms with van der Waals surface area (Å²) in [4.78, 5) is 26.6. The zero-order valence-electron chi connectivity index (χ0n) is 14.6. The van der Waals surface area contributed by atoms with Crippen LogP contribution >= 0.6 is 11.6 Å². The first-order valence-electron chi connectivity index (χ1n) is 8.80. The summed E-state index contributed by atoms with van der Waals surface area (Å²) in [7, 11) is 0. The summed E-state index contributed by atoms with van der Waals surface area (Å²) in [5, 5.41) is 3.56. The highest BCUT2D eigenvalue weighted by Gasteiger charge is 2.26. The summed E-state index contributed by atoms with van der Waals surface area (Å²) in [6.45, 7) is 5.90. The average molecular weight is 366 g/mol. The van der Waals surface area contributed by atoms with Gasteiger partial charge in [-0.1, -0.05) is 18.5 Å². The van der Waals surface area contributed by atoms with E-state index < -0.39 is 0 Å². The smallest absolute Gasteiger partial charge is 0.408 e. The maximum absolute atomic E-state index is 12.3. The molecular formula is C18H24ClN3O3. The molecule has 1 aromatic heterocycles. The van der Waals surface area contributed by atoms with Crippen molar-refractivity contribution in [2.45, 2.75) is 45.2 Å². The number of likely N-dealkylation sites (tertiary alicyclic amines) is 1. The van der Waals surface area contributed by atoms with Gasteiger partial charge in [-0.05, 0) is 50.9 Å². The number of oxazole rings is 1. The fourth-order valence-corrected chi connectivity index (χ4v) is 3.53. The highest BCUT2D eigenvalue weighted by Crippen LogP contribution is 2.26. The van der Waals surface area contributed by atoms with Gasteiger partial charge in [0.2, 0.25) is 5.91 Å². The Bertz CT molecular complexity index is 813. The van der Waals surface area contributed by atoms with Crippen LogP contribution in [0.5, 0.6) is 0 Å². The van der Waals surface area contributed by atoms with E-state index in [-0.39, 0.29) is 23.7 Å². The number of piperidine rings is 1. The Kier molecular flexibility index (Phi) is 5.49. The molecule has 0 bridgehead atoms. The Morgan fingerprint density at radius 3 is 3.04 bits per heavy atom. The number of carbonyl (C=O) groups is 1. The van der Waals surface area contributed by atoms with Crippen molar-refractivity contribution in [3.63, 3.8) is 0 Å². The van der Waals surface area contributed by atoms with Crippen LogP contribution in [0.1, 0.15) is 39.2 Å². The van der Waals surface area contributed by atoms with Crippen LogP contribution in [0.3, 0.4) is 0 Å². The molecule has 6 nitrogen and oxygen atoms in total. The highest BCUT2D eigenvalue weighted by molar-refractivity contribution is 6.31. The number of halogens is 1. The van der Waals surface area contributed by atoms with E-state index in [1.54, 1.807) is 22.8 Å². The lowest BCUT2D eigenvalue weighted by atomic mass is 10.1. The van der Waals surface area contributed by atoms with Gasteiger partial charge < -0.3 is 9.73 Å². The lowest BCUT2D eigenvalue weighted by Gasteiger charge is -2.32. The Hall–Kier alpha value is -1.79. The van der Waals surface area contributed by atoms with Crippen molar-refractivity contribution < 1.29 is 9.21 Å². The lowest BCUT2D eigenvalue weighted by molar-refractivity contribution is -0.123. The molecule has 136 valence electrons. The van der Waals surface area contributed by atoms with Gasteiger partial charge in [-0.25, -0.2) is 4.79 Å². The van der Waals surface area contributed by atoms with Crippen molar-refractivity contribution in [1.82, 2.24) is 14.8 Å². The van der Waals surface area contributed by atoms with Gasteiger partial charge in [0, 0.05) is 17.6 Å². The minimum Gasteiger partial charge on any atom is -0.408 e. The van der Waals surface area contributed by atoms with E-state index in [2.05, 4.69) is 10.2 Å². The Balaban J connectivity index is 1.76. The van der Waals surface area contributed by atoms with Crippen LogP contribution in [-0.2, 0) is 4.79 Å². The van der Waals surface area contributed by atoms with Gasteiger partial charge in [0.25, 0.3) is 0 Å². The standard InChI is InChI=1S/C18H24ClN3O3/c1-3-12(2)20-17(23)11-21-8-4-5-14(10-21)22-15-9-13(19)6-7-16(15)25-18(22)24/h6-7,9,12,14H,3-5,8,10-11H2,1-2H3,(H,20,23). The summed E-state index contributed by atoms with van der Waals surface area (Å²) < 4.78 is 7.02. The summed E-state index contributed by atoms with van der Waals surface area (Å²) in [5.74, 6) is -0.337. The highest BCUT2D eigenvalue weighted by atomic mass is 35.5. The molecule has 1 aliphatic heterocycles. The van der Waals surface area contributed by atoms with Crippen molar-refractivity contribution in [1.29, 1.82) is 0 Å². The zero-order valence-corrected chi connectivity index (χ0v) is 15.4. The molecule has 2 heterocycles. The number of nitrogens with zero attached hydrogens (tertiary/aromatic N) is 2. The van der Waals surface area contributed by atoms with E-state index in [0.717, 1.165) is 25.8 Å². The van der Waals surface area contributed by atoms with E-state index in [4.69, 9.17) is 16.0 Å². The summed E-state index contributed by atoms with van der Waals surface area (Å²) in [6, 6.07) is 5.35. The third kappa shape index (κ3) is 4.07. The van der Waals surface area contributed by atoms with E-state index in [9.17, 15) is 9.59 Å². The number of rotatable bonds is 5. The van der Waals surface area contributed by atoms with Gasteiger partial charge in [0.1, 0.15) is 0 Å². The molecule has 0 spiro atoms. The first-order chi connectivity index (χ1) is 12.0. The molecule has 2 unspecified atom stereocenters. The minimum atomic E-state index is -0.367. The first kappa shape index (κ1) is 18.0. The molecule has 2 aromatic rings. The predicted octanol–water partition coefficient (Wildman–Crippen LogP) is 2.80. The molecule has 1 aromatic carbocycles. The molecular weight excluding hydrogens is 342 g/mol. The topological polar surface area (TPSA) is 67.5 Å². The predicted molar refractivity (Wildman–Crippen MR) is 98.1 cm³/mol. The zero-order chi connectivity index (χ0) is 18.0. The van der Waals surface area contributed by atoms with Gasteiger partial charge in [0.15, 0.2) is 5.58 Å². The van der Waals surface area contributed by atoms with E-state index in [1.165, 1.54) is 0 Å². The summed E-state index contributed by atoms with van der Waals surface area (Å²) in [6.07, 6.45) is 2.72. The maximum atomic E-state index is 12.3. The monoisotopic (exact) mass is 365 g/mol. The fraction of sp³-hybridized carbons (Fsp3) is 0.556.